The molecule has 0 saturated carbocycles. The molecule has 0 aromatic heterocycles. The van der Waals surface area contributed by atoms with Gasteiger partial charge in [-0.25, -0.2) is 0 Å². The summed E-state index contributed by atoms with van der Waals surface area (Å²) in [5.74, 6) is -1.47. The first-order chi connectivity index (χ1) is 15.6. The quantitative estimate of drug-likeness (QED) is 0.325. The number of ether oxygens (including phenoxy) is 1. The van der Waals surface area contributed by atoms with E-state index in [1.807, 2.05) is 72.5 Å². The van der Waals surface area contributed by atoms with Crippen LogP contribution in [0.15, 0.2) is 83.3 Å². The molecule has 0 amide bonds. The van der Waals surface area contributed by atoms with Gasteiger partial charge >= 0.3 is 12.3 Å². The molecule has 0 aliphatic carbocycles. The Morgan fingerprint density at radius 3 is 2.18 bits per heavy atom. The molecule has 0 unspecified atom stereocenters. The maximum absolute atomic E-state index is 12.9. The lowest BCUT2D eigenvalue weighted by atomic mass is 9.96. The van der Waals surface area contributed by atoms with Crippen LogP contribution in [0.2, 0.25) is 0 Å². The van der Waals surface area contributed by atoms with Crippen LogP contribution in [0.25, 0.3) is 0 Å². The van der Waals surface area contributed by atoms with Gasteiger partial charge in [-0.2, -0.15) is 0 Å². The number of halogens is 4. The van der Waals surface area contributed by atoms with Crippen LogP contribution in [-0.4, -0.2) is 22.3 Å². The van der Waals surface area contributed by atoms with Crippen molar-refractivity contribution in [1.29, 1.82) is 0 Å². The zero-order valence-corrected chi connectivity index (χ0v) is 19.4. The number of rotatable bonds is 9. The molecular formula is C25H23BrF3NO3. The van der Waals surface area contributed by atoms with E-state index in [0.717, 1.165) is 11.1 Å². The predicted octanol–water partition coefficient (Wildman–Crippen LogP) is 7.13. The maximum atomic E-state index is 12.9. The Morgan fingerprint density at radius 1 is 1.00 bits per heavy atom. The molecule has 1 N–H and O–H groups in total. The van der Waals surface area contributed by atoms with Gasteiger partial charge in [0.05, 0.1) is 6.42 Å². The molecule has 0 saturated heterocycles. The number of hydrogen-bond donors (Lipinski definition) is 1. The molecule has 174 valence electrons. The molecule has 4 nitrogen and oxygen atoms in total. The minimum absolute atomic E-state index is 0.221. The summed E-state index contributed by atoms with van der Waals surface area (Å²) in [7, 11) is 0. The molecule has 3 aromatic carbocycles. The average molecular weight is 522 g/mol. The Labute approximate surface area is 198 Å². The number of carboxylic acid groups (broad SMARTS) is 1. The SMILES string of the molecule is C[C@H](c1ccccc1)N(Cc1ccccc1)[C@@H](CC(=O)O)c1cc(Br)cc(OC(F)(F)F)c1. The van der Waals surface area contributed by atoms with Crippen molar-refractivity contribution in [2.75, 3.05) is 0 Å². The van der Waals surface area contributed by atoms with Crippen molar-refractivity contribution in [3.63, 3.8) is 0 Å². The monoisotopic (exact) mass is 521 g/mol. The molecular weight excluding hydrogens is 499 g/mol. The third-order valence-electron chi connectivity index (χ3n) is 5.27. The van der Waals surface area contributed by atoms with E-state index in [1.165, 1.54) is 12.1 Å². The Hall–Kier alpha value is -2.84. The molecule has 3 aromatic rings. The van der Waals surface area contributed by atoms with Gasteiger partial charge in [-0.15, -0.1) is 13.2 Å². The lowest BCUT2D eigenvalue weighted by molar-refractivity contribution is -0.274. The fraction of sp³-hybridized carbons (Fsp3) is 0.240. The van der Waals surface area contributed by atoms with Crippen molar-refractivity contribution in [1.82, 2.24) is 4.90 Å². The van der Waals surface area contributed by atoms with E-state index in [0.29, 0.717) is 16.6 Å². The Bertz CT molecular complexity index is 1060. The highest BCUT2D eigenvalue weighted by Crippen LogP contribution is 2.38. The summed E-state index contributed by atoms with van der Waals surface area (Å²) in [5.41, 5.74) is 2.33. The number of aliphatic carboxylic acids is 1. The van der Waals surface area contributed by atoms with Gasteiger partial charge < -0.3 is 9.84 Å². The van der Waals surface area contributed by atoms with Gasteiger partial charge in [0.2, 0.25) is 0 Å². The highest BCUT2D eigenvalue weighted by Gasteiger charge is 2.33. The van der Waals surface area contributed by atoms with E-state index in [-0.39, 0.29) is 12.5 Å². The number of benzene rings is 3. The van der Waals surface area contributed by atoms with Crippen molar-refractivity contribution in [2.24, 2.45) is 0 Å². The number of carboxylic acids is 1. The Kier molecular flexibility index (Phi) is 8.15. The lowest BCUT2D eigenvalue weighted by Crippen LogP contribution is -2.33. The van der Waals surface area contributed by atoms with Crippen LogP contribution in [0, 0.1) is 0 Å². The van der Waals surface area contributed by atoms with Crippen molar-refractivity contribution < 1.29 is 27.8 Å². The molecule has 33 heavy (non-hydrogen) atoms. The van der Waals surface area contributed by atoms with Gasteiger partial charge in [-0.05, 0) is 41.8 Å². The summed E-state index contributed by atoms with van der Waals surface area (Å²) in [6.45, 7) is 2.36. The minimum atomic E-state index is -4.86. The average Bonchev–Trinajstić information content (AvgIpc) is 2.75. The first kappa shape index (κ1) is 24.8. The summed E-state index contributed by atoms with van der Waals surface area (Å²) >= 11 is 3.24. The van der Waals surface area contributed by atoms with Crippen molar-refractivity contribution in [2.45, 2.75) is 38.3 Å². The first-order valence-electron chi connectivity index (χ1n) is 10.2. The van der Waals surface area contributed by atoms with Gasteiger partial charge in [0.25, 0.3) is 0 Å². The number of carbonyl (C=O) groups is 1. The van der Waals surface area contributed by atoms with E-state index in [2.05, 4.69) is 20.7 Å². The smallest absolute Gasteiger partial charge is 0.481 e. The highest BCUT2D eigenvalue weighted by molar-refractivity contribution is 9.10. The lowest BCUT2D eigenvalue weighted by Gasteiger charge is -2.37. The minimum Gasteiger partial charge on any atom is -0.481 e. The van der Waals surface area contributed by atoms with Gasteiger partial charge in [-0.3, -0.25) is 9.69 Å². The van der Waals surface area contributed by atoms with E-state index >= 15 is 0 Å². The van der Waals surface area contributed by atoms with Crippen LogP contribution >= 0.6 is 15.9 Å². The summed E-state index contributed by atoms with van der Waals surface area (Å²) in [5, 5.41) is 9.69. The van der Waals surface area contributed by atoms with E-state index < -0.39 is 24.1 Å². The Balaban J connectivity index is 2.08. The molecule has 0 aliphatic rings. The second-order valence-corrected chi connectivity index (χ2v) is 8.54. The molecule has 0 bridgehead atoms. The standard InChI is InChI=1S/C25H23BrF3NO3/c1-17(19-10-6-3-7-11-19)30(16-18-8-4-2-5-9-18)23(15-24(31)32)20-12-21(26)14-22(13-20)33-25(27,28)29/h2-14,17,23H,15-16H2,1H3,(H,31,32)/t17-,23+/m1/s1. The van der Waals surface area contributed by atoms with Crippen LogP contribution in [0.3, 0.4) is 0 Å². The molecule has 0 aliphatic heterocycles. The molecule has 3 rings (SSSR count). The van der Waals surface area contributed by atoms with Gasteiger partial charge in [-0.1, -0.05) is 76.6 Å². The maximum Gasteiger partial charge on any atom is 0.573 e. The second-order valence-electron chi connectivity index (χ2n) is 7.63. The van der Waals surface area contributed by atoms with Crippen molar-refractivity contribution in [3.05, 3.63) is 100 Å². The Morgan fingerprint density at radius 2 is 1.61 bits per heavy atom. The molecule has 2 atom stereocenters. The highest BCUT2D eigenvalue weighted by atomic mass is 79.9. The summed E-state index contributed by atoms with van der Waals surface area (Å²) in [4.78, 5) is 13.8. The summed E-state index contributed by atoms with van der Waals surface area (Å²) < 4.78 is 43.1. The van der Waals surface area contributed by atoms with Gasteiger partial charge in [0.1, 0.15) is 5.75 Å². The van der Waals surface area contributed by atoms with Gasteiger partial charge in [0.15, 0.2) is 0 Å². The van der Waals surface area contributed by atoms with Crippen LogP contribution in [0.5, 0.6) is 5.75 Å². The first-order valence-corrected chi connectivity index (χ1v) is 11.0. The summed E-state index contributed by atoms with van der Waals surface area (Å²) in [6, 6.07) is 22.3. The van der Waals surface area contributed by atoms with Gasteiger partial charge in [0, 0.05) is 23.1 Å². The third kappa shape index (κ3) is 7.33. The molecule has 0 spiro atoms. The van der Waals surface area contributed by atoms with Crippen LogP contribution < -0.4 is 4.74 Å². The van der Waals surface area contributed by atoms with Crippen LogP contribution in [0.4, 0.5) is 13.2 Å². The number of nitrogens with zero attached hydrogens (tertiary/aromatic N) is 1. The van der Waals surface area contributed by atoms with E-state index in [9.17, 15) is 23.1 Å². The van der Waals surface area contributed by atoms with Crippen LogP contribution in [-0.2, 0) is 11.3 Å². The molecule has 0 fully saturated rings. The zero-order chi connectivity index (χ0) is 24.0. The fourth-order valence-corrected chi connectivity index (χ4v) is 4.29. The van der Waals surface area contributed by atoms with Crippen LogP contribution in [0.1, 0.15) is 42.1 Å². The largest absolute Gasteiger partial charge is 0.573 e. The zero-order valence-electron chi connectivity index (χ0n) is 17.8. The van der Waals surface area contributed by atoms with Crippen molar-refractivity contribution in [3.8, 4) is 5.75 Å². The van der Waals surface area contributed by atoms with E-state index in [1.54, 1.807) is 6.07 Å². The fourth-order valence-electron chi connectivity index (χ4n) is 3.80. The molecule has 0 radical (unpaired) electrons. The second kappa shape index (κ2) is 10.9. The number of alkyl halides is 3. The molecule has 0 heterocycles. The summed E-state index contributed by atoms with van der Waals surface area (Å²) in [6.07, 6.45) is -5.16. The third-order valence-corrected chi connectivity index (χ3v) is 5.73. The predicted molar refractivity (Wildman–Crippen MR) is 123 cm³/mol. The molecule has 8 heteroatoms. The topological polar surface area (TPSA) is 49.8 Å². The van der Waals surface area contributed by atoms with E-state index in [4.69, 9.17) is 0 Å². The number of hydrogen-bond acceptors (Lipinski definition) is 3. The normalized spacial score (nSPS) is 13.5. The van der Waals surface area contributed by atoms with Crippen molar-refractivity contribution >= 4 is 21.9 Å².